The van der Waals surface area contributed by atoms with Crippen molar-refractivity contribution in [3.8, 4) is 0 Å². The number of aryl methyl sites for hydroxylation is 1. The van der Waals surface area contributed by atoms with Gasteiger partial charge in [-0.15, -0.1) is 0 Å². The van der Waals surface area contributed by atoms with Crippen LogP contribution in [0.4, 0.5) is 23.1 Å². The number of benzene rings is 2. The Morgan fingerprint density at radius 1 is 1.00 bits per heavy atom. The Balaban J connectivity index is 1.75. The van der Waals surface area contributed by atoms with Crippen LogP contribution in [0, 0.1) is 6.92 Å². The Morgan fingerprint density at radius 2 is 1.75 bits per heavy atom. The fraction of sp³-hybridized carbons (Fsp3) is 0.0556. The van der Waals surface area contributed by atoms with Crippen LogP contribution in [0.2, 0.25) is 0 Å². The number of carbonyl (C=O) groups excluding carboxylic acids is 1. The molecule has 0 radical (unpaired) electrons. The van der Waals surface area contributed by atoms with Gasteiger partial charge in [0.25, 0.3) is 0 Å². The topological polar surface area (TPSA) is 92.9 Å². The molecule has 0 aliphatic rings. The first-order chi connectivity index (χ1) is 11.6. The van der Waals surface area contributed by atoms with Gasteiger partial charge in [-0.05, 0) is 48.9 Å². The Kier molecular flexibility index (Phi) is 4.38. The van der Waals surface area contributed by atoms with E-state index in [1.165, 1.54) is 0 Å². The highest BCUT2D eigenvalue weighted by atomic mass is 16.1. The number of rotatable bonds is 5. The van der Waals surface area contributed by atoms with E-state index in [4.69, 9.17) is 5.73 Å². The van der Waals surface area contributed by atoms with Gasteiger partial charge >= 0.3 is 0 Å². The zero-order chi connectivity index (χ0) is 16.9. The van der Waals surface area contributed by atoms with Crippen LogP contribution in [-0.2, 0) is 0 Å². The van der Waals surface area contributed by atoms with Crippen LogP contribution >= 0.6 is 0 Å². The molecule has 6 heteroatoms. The number of carbonyl (C=O) groups is 1. The van der Waals surface area contributed by atoms with Crippen molar-refractivity contribution in [2.75, 3.05) is 10.6 Å². The van der Waals surface area contributed by atoms with Gasteiger partial charge < -0.3 is 16.4 Å². The molecule has 6 nitrogen and oxygen atoms in total. The summed E-state index contributed by atoms with van der Waals surface area (Å²) in [4.78, 5) is 19.7. The first kappa shape index (κ1) is 15.5. The maximum atomic E-state index is 11.1. The molecule has 0 aliphatic carbocycles. The van der Waals surface area contributed by atoms with Gasteiger partial charge in [-0.25, -0.2) is 4.98 Å². The van der Waals surface area contributed by atoms with Crippen molar-refractivity contribution in [1.82, 2.24) is 9.97 Å². The van der Waals surface area contributed by atoms with E-state index in [1.54, 1.807) is 36.5 Å². The lowest BCUT2D eigenvalue weighted by Crippen LogP contribution is -2.10. The molecule has 0 bridgehead atoms. The van der Waals surface area contributed by atoms with Crippen molar-refractivity contribution in [3.05, 3.63) is 71.9 Å². The van der Waals surface area contributed by atoms with E-state index in [0.717, 1.165) is 16.9 Å². The van der Waals surface area contributed by atoms with Gasteiger partial charge in [0.15, 0.2) is 0 Å². The lowest BCUT2D eigenvalue weighted by Gasteiger charge is -2.10. The predicted octanol–water partition coefficient (Wildman–Crippen LogP) is 3.37. The summed E-state index contributed by atoms with van der Waals surface area (Å²) in [5, 5.41) is 6.37. The van der Waals surface area contributed by atoms with Crippen molar-refractivity contribution in [2.45, 2.75) is 6.92 Å². The van der Waals surface area contributed by atoms with E-state index < -0.39 is 5.91 Å². The number of primary amides is 1. The molecule has 1 heterocycles. The maximum Gasteiger partial charge on any atom is 0.248 e. The van der Waals surface area contributed by atoms with Crippen molar-refractivity contribution < 1.29 is 4.79 Å². The minimum Gasteiger partial charge on any atom is -0.366 e. The summed E-state index contributed by atoms with van der Waals surface area (Å²) in [5.41, 5.74) is 8.58. The van der Waals surface area contributed by atoms with Crippen molar-refractivity contribution in [1.29, 1.82) is 0 Å². The lowest BCUT2D eigenvalue weighted by molar-refractivity contribution is 0.100. The quantitative estimate of drug-likeness (QED) is 0.670. The van der Waals surface area contributed by atoms with Gasteiger partial charge in [0.05, 0.1) is 0 Å². The van der Waals surface area contributed by atoms with Crippen LogP contribution in [0.1, 0.15) is 15.9 Å². The van der Waals surface area contributed by atoms with Crippen LogP contribution in [0.25, 0.3) is 0 Å². The number of nitrogens with zero attached hydrogens (tertiary/aromatic N) is 2. The molecule has 24 heavy (non-hydrogen) atoms. The number of hydrogen-bond acceptors (Lipinski definition) is 5. The summed E-state index contributed by atoms with van der Waals surface area (Å²) in [5.74, 6) is 0.693. The second-order valence-electron chi connectivity index (χ2n) is 5.27. The number of aromatic nitrogens is 2. The van der Waals surface area contributed by atoms with Crippen LogP contribution in [0.3, 0.4) is 0 Å². The number of para-hydroxylation sites is 1. The van der Waals surface area contributed by atoms with Gasteiger partial charge in [0, 0.05) is 23.1 Å². The molecule has 0 saturated carbocycles. The highest BCUT2D eigenvalue weighted by molar-refractivity contribution is 5.93. The molecule has 0 spiro atoms. The monoisotopic (exact) mass is 319 g/mol. The zero-order valence-electron chi connectivity index (χ0n) is 13.2. The minimum atomic E-state index is -0.456. The molecule has 120 valence electrons. The highest BCUT2D eigenvalue weighted by Crippen LogP contribution is 2.20. The fourth-order valence-electron chi connectivity index (χ4n) is 2.19. The largest absolute Gasteiger partial charge is 0.366 e. The average molecular weight is 319 g/mol. The third-order valence-corrected chi connectivity index (χ3v) is 3.49. The normalized spacial score (nSPS) is 10.2. The molecule has 3 rings (SSSR count). The molecule has 3 aromatic rings. The molecule has 0 aliphatic heterocycles. The number of anilines is 4. The summed E-state index contributed by atoms with van der Waals surface area (Å²) < 4.78 is 0. The SMILES string of the molecule is Cc1ccccc1Nc1ccnc(Nc2ccc(C(N)=O)cc2)n1. The van der Waals surface area contributed by atoms with E-state index in [0.29, 0.717) is 17.3 Å². The zero-order valence-corrected chi connectivity index (χ0v) is 13.2. The van der Waals surface area contributed by atoms with Crippen LogP contribution in [0.15, 0.2) is 60.8 Å². The van der Waals surface area contributed by atoms with Gasteiger partial charge in [-0.2, -0.15) is 4.98 Å². The van der Waals surface area contributed by atoms with Crippen molar-refractivity contribution >= 4 is 29.0 Å². The summed E-state index contributed by atoms with van der Waals surface area (Å²) in [6.07, 6.45) is 1.67. The highest BCUT2D eigenvalue weighted by Gasteiger charge is 2.04. The molecular formula is C18H17N5O. The Hall–Kier alpha value is -3.41. The van der Waals surface area contributed by atoms with E-state index in [9.17, 15) is 4.79 Å². The number of nitrogens with two attached hydrogens (primary N) is 1. The standard InChI is InChI=1S/C18H17N5O/c1-12-4-2-3-5-15(12)22-16-10-11-20-18(23-16)21-14-8-6-13(7-9-14)17(19)24/h2-11H,1H3,(H2,19,24)(H2,20,21,22,23). The van der Waals surface area contributed by atoms with Gasteiger partial charge in [0.2, 0.25) is 11.9 Å². The van der Waals surface area contributed by atoms with Crippen LogP contribution in [-0.4, -0.2) is 15.9 Å². The molecule has 0 unspecified atom stereocenters. The third-order valence-electron chi connectivity index (χ3n) is 3.49. The van der Waals surface area contributed by atoms with E-state index >= 15 is 0 Å². The second-order valence-corrected chi connectivity index (χ2v) is 5.27. The molecule has 0 fully saturated rings. The van der Waals surface area contributed by atoms with E-state index in [-0.39, 0.29) is 0 Å². The Morgan fingerprint density at radius 3 is 2.46 bits per heavy atom. The Labute approximate surface area is 139 Å². The first-order valence-corrected chi connectivity index (χ1v) is 7.44. The number of amides is 1. The summed E-state index contributed by atoms with van der Waals surface area (Å²) in [7, 11) is 0. The molecule has 2 aromatic carbocycles. The molecule has 0 saturated heterocycles. The fourth-order valence-corrected chi connectivity index (χ4v) is 2.19. The summed E-state index contributed by atoms with van der Waals surface area (Å²) in [6, 6.07) is 16.6. The molecule has 4 N–H and O–H groups in total. The molecule has 1 amide bonds. The summed E-state index contributed by atoms with van der Waals surface area (Å²) >= 11 is 0. The Bertz CT molecular complexity index is 861. The molecule has 0 atom stereocenters. The van der Waals surface area contributed by atoms with Gasteiger partial charge in [0.1, 0.15) is 5.82 Å². The number of nitrogens with one attached hydrogen (secondary N) is 2. The van der Waals surface area contributed by atoms with E-state index in [2.05, 4.69) is 20.6 Å². The minimum absolute atomic E-state index is 0.455. The number of hydrogen-bond donors (Lipinski definition) is 3. The summed E-state index contributed by atoms with van der Waals surface area (Å²) in [6.45, 7) is 2.03. The van der Waals surface area contributed by atoms with Gasteiger partial charge in [-0.1, -0.05) is 18.2 Å². The van der Waals surface area contributed by atoms with Gasteiger partial charge in [-0.3, -0.25) is 4.79 Å². The van der Waals surface area contributed by atoms with Crippen molar-refractivity contribution in [3.63, 3.8) is 0 Å². The van der Waals surface area contributed by atoms with E-state index in [1.807, 2.05) is 31.2 Å². The second kappa shape index (κ2) is 6.78. The molecule has 1 aromatic heterocycles. The average Bonchev–Trinajstić information content (AvgIpc) is 2.58. The molecular weight excluding hydrogens is 302 g/mol. The first-order valence-electron chi connectivity index (χ1n) is 7.44. The van der Waals surface area contributed by atoms with Crippen LogP contribution < -0.4 is 16.4 Å². The third kappa shape index (κ3) is 3.67. The smallest absolute Gasteiger partial charge is 0.248 e. The maximum absolute atomic E-state index is 11.1. The predicted molar refractivity (Wildman–Crippen MR) is 94.7 cm³/mol. The lowest BCUT2D eigenvalue weighted by atomic mass is 10.2. The van der Waals surface area contributed by atoms with Crippen molar-refractivity contribution in [2.24, 2.45) is 5.73 Å². The van der Waals surface area contributed by atoms with Crippen LogP contribution in [0.5, 0.6) is 0 Å².